The third-order valence-corrected chi connectivity index (χ3v) is 8.34. The average Bonchev–Trinajstić information content (AvgIpc) is 3.29. The summed E-state index contributed by atoms with van der Waals surface area (Å²) in [6.07, 6.45) is 6.63. The van der Waals surface area contributed by atoms with Crippen LogP contribution in [0.1, 0.15) is 6.92 Å². The van der Waals surface area contributed by atoms with Crippen LogP contribution >= 0.6 is 0 Å². The number of β-amino-alcohol motifs (C(OH)–C–C–N with tert-alkyl or cyclic N) is 1. The van der Waals surface area contributed by atoms with Gasteiger partial charge in [0.2, 0.25) is 11.8 Å². The number of hydrogen-bond donors (Lipinski definition) is 1. The number of nitrogens with zero attached hydrogens (tertiary/aromatic N) is 3. The largest absolute Gasteiger partial charge is 0.497 e. The highest BCUT2D eigenvalue weighted by Gasteiger charge is 2.71. The maximum Gasteiger partial charge on any atom is 0.253 e. The van der Waals surface area contributed by atoms with Crippen molar-refractivity contribution < 1.29 is 33.7 Å². The molecule has 41 heavy (non-hydrogen) atoms. The van der Waals surface area contributed by atoms with Gasteiger partial charge < -0.3 is 34.0 Å². The van der Waals surface area contributed by atoms with Crippen LogP contribution in [0.3, 0.4) is 0 Å². The van der Waals surface area contributed by atoms with Crippen molar-refractivity contribution in [3.63, 3.8) is 0 Å². The Hall–Kier alpha value is -4.15. The lowest BCUT2D eigenvalue weighted by molar-refractivity contribution is -0.141. The Labute approximate surface area is 238 Å². The highest BCUT2D eigenvalue weighted by molar-refractivity contribution is 6.07. The minimum atomic E-state index is -1.36. The zero-order chi connectivity index (χ0) is 28.7. The van der Waals surface area contributed by atoms with E-state index < -0.39 is 29.6 Å². The normalized spacial score (nSPS) is 28.8. The highest BCUT2D eigenvalue weighted by atomic mass is 16.5. The first-order valence-electron chi connectivity index (χ1n) is 13.9. The van der Waals surface area contributed by atoms with Gasteiger partial charge in [-0.15, -0.1) is 0 Å². The molecule has 1 spiro atoms. The summed E-state index contributed by atoms with van der Waals surface area (Å²) in [6.45, 7) is 2.64. The third kappa shape index (κ3) is 4.29. The maximum atomic E-state index is 14.3. The van der Waals surface area contributed by atoms with Gasteiger partial charge in [0.15, 0.2) is 0 Å². The molecule has 2 aromatic rings. The molecule has 0 aliphatic carbocycles. The van der Waals surface area contributed by atoms with Gasteiger partial charge in [-0.05, 0) is 55.5 Å². The van der Waals surface area contributed by atoms with E-state index in [1.54, 1.807) is 47.3 Å². The Morgan fingerprint density at radius 2 is 1.54 bits per heavy atom. The molecule has 4 heterocycles. The molecule has 2 saturated heterocycles. The molecule has 10 heteroatoms. The average molecular weight is 560 g/mol. The molecule has 2 aromatic carbocycles. The SMILES string of the molecule is CCOc1ccc(N2CC=C[C@@H]3O[C@]45C=CCN(c6ccc(OC)cc6)C(=O)C4N(CCO)C(=O)[C@@H]5[C@@H]3C2=O)cc1. The number of amides is 3. The molecule has 2 fully saturated rings. The molecule has 214 valence electrons. The van der Waals surface area contributed by atoms with Gasteiger partial charge in [0.25, 0.3) is 5.91 Å². The Morgan fingerprint density at radius 3 is 2.17 bits per heavy atom. The van der Waals surface area contributed by atoms with Crippen LogP contribution in [0.25, 0.3) is 0 Å². The third-order valence-electron chi connectivity index (χ3n) is 8.34. The number of aliphatic hydroxyl groups excluding tert-OH is 1. The predicted octanol–water partition coefficient (Wildman–Crippen LogP) is 2.17. The minimum Gasteiger partial charge on any atom is -0.497 e. The molecule has 6 rings (SSSR count). The Kier molecular flexibility index (Phi) is 7.04. The summed E-state index contributed by atoms with van der Waals surface area (Å²) in [6, 6.07) is 13.3. The molecule has 0 aromatic heterocycles. The number of aliphatic hydroxyl groups is 1. The molecule has 0 radical (unpaired) electrons. The van der Waals surface area contributed by atoms with Crippen molar-refractivity contribution in [1.82, 2.24) is 4.90 Å². The molecule has 0 saturated carbocycles. The van der Waals surface area contributed by atoms with Crippen molar-refractivity contribution in [3.8, 4) is 11.5 Å². The molecular formula is C31H33N3O7. The lowest BCUT2D eigenvalue weighted by atomic mass is 9.77. The zero-order valence-electron chi connectivity index (χ0n) is 23.0. The van der Waals surface area contributed by atoms with Crippen LogP contribution in [0.15, 0.2) is 72.8 Å². The van der Waals surface area contributed by atoms with E-state index in [1.165, 1.54) is 4.90 Å². The van der Waals surface area contributed by atoms with E-state index in [1.807, 2.05) is 49.4 Å². The molecule has 1 unspecified atom stereocenters. The number of ether oxygens (including phenoxy) is 3. The lowest BCUT2D eigenvalue weighted by Crippen LogP contribution is -2.55. The number of anilines is 2. The van der Waals surface area contributed by atoms with Crippen molar-refractivity contribution in [1.29, 1.82) is 0 Å². The summed E-state index contributed by atoms with van der Waals surface area (Å²) in [5, 5.41) is 9.89. The van der Waals surface area contributed by atoms with Gasteiger partial charge >= 0.3 is 0 Å². The molecule has 0 bridgehead atoms. The molecule has 4 aliphatic rings. The first-order valence-corrected chi connectivity index (χ1v) is 13.9. The van der Waals surface area contributed by atoms with Gasteiger partial charge in [-0.1, -0.05) is 24.3 Å². The van der Waals surface area contributed by atoms with E-state index in [0.717, 1.165) is 0 Å². The fraction of sp³-hybridized carbons (Fsp3) is 0.387. The fourth-order valence-electron chi connectivity index (χ4n) is 6.60. The van der Waals surface area contributed by atoms with Crippen LogP contribution < -0.4 is 19.3 Å². The number of carbonyl (C=O) groups excluding carboxylic acids is 3. The van der Waals surface area contributed by atoms with Gasteiger partial charge in [0, 0.05) is 31.0 Å². The number of methoxy groups -OCH3 is 1. The summed E-state index contributed by atoms with van der Waals surface area (Å²) in [5.74, 6) is -1.37. The minimum absolute atomic E-state index is 0.0504. The van der Waals surface area contributed by atoms with Crippen molar-refractivity contribution in [3.05, 3.63) is 72.8 Å². The number of likely N-dealkylation sites (tertiary alicyclic amines) is 1. The Morgan fingerprint density at radius 1 is 0.902 bits per heavy atom. The number of benzene rings is 2. The molecule has 10 nitrogen and oxygen atoms in total. The van der Waals surface area contributed by atoms with Crippen LogP contribution in [0.5, 0.6) is 11.5 Å². The van der Waals surface area contributed by atoms with E-state index in [0.29, 0.717) is 36.0 Å². The van der Waals surface area contributed by atoms with Crippen LogP contribution in [0.2, 0.25) is 0 Å². The first-order chi connectivity index (χ1) is 19.9. The number of rotatable bonds is 7. The number of fused-ring (bicyclic) bond motifs is 2. The van der Waals surface area contributed by atoms with Gasteiger partial charge in [-0.3, -0.25) is 14.4 Å². The van der Waals surface area contributed by atoms with Crippen molar-refractivity contribution >= 4 is 29.1 Å². The van der Waals surface area contributed by atoms with E-state index in [9.17, 15) is 19.5 Å². The topological polar surface area (TPSA) is 109 Å². The van der Waals surface area contributed by atoms with Crippen LogP contribution in [0.4, 0.5) is 11.4 Å². The smallest absolute Gasteiger partial charge is 0.253 e. The Balaban J connectivity index is 1.38. The molecule has 4 aliphatic heterocycles. The van der Waals surface area contributed by atoms with Crippen molar-refractivity contribution in [2.45, 2.75) is 24.7 Å². The number of carbonyl (C=O) groups is 3. The quantitative estimate of drug-likeness (QED) is 0.518. The van der Waals surface area contributed by atoms with Crippen LogP contribution in [-0.4, -0.2) is 85.4 Å². The monoisotopic (exact) mass is 559 g/mol. The van der Waals surface area contributed by atoms with E-state index in [-0.39, 0.29) is 37.4 Å². The molecular weight excluding hydrogens is 526 g/mol. The summed E-state index contributed by atoms with van der Waals surface area (Å²) in [4.78, 5) is 47.2. The fourth-order valence-corrected chi connectivity index (χ4v) is 6.60. The summed E-state index contributed by atoms with van der Waals surface area (Å²) >= 11 is 0. The molecule has 1 N–H and O–H groups in total. The lowest BCUT2D eigenvalue weighted by Gasteiger charge is -2.35. The second-order valence-corrected chi connectivity index (χ2v) is 10.5. The van der Waals surface area contributed by atoms with Crippen LogP contribution in [0, 0.1) is 11.8 Å². The van der Waals surface area contributed by atoms with E-state index in [2.05, 4.69) is 0 Å². The first kappa shape index (κ1) is 27.0. The van der Waals surface area contributed by atoms with Crippen LogP contribution in [-0.2, 0) is 19.1 Å². The van der Waals surface area contributed by atoms with Crippen molar-refractivity contribution in [2.75, 3.05) is 49.8 Å². The van der Waals surface area contributed by atoms with Gasteiger partial charge in [-0.25, -0.2) is 0 Å². The van der Waals surface area contributed by atoms with Gasteiger partial charge in [0.1, 0.15) is 23.1 Å². The highest BCUT2D eigenvalue weighted by Crippen LogP contribution is 2.53. The second kappa shape index (κ2) is 10.7. The van der Waals surface area contributed by atoms with Crippen molar-refractivity contribution in [2.24, 2.45) is 11.8 Å². The van der Waals surface area contributed by atoms with Gasteiger partial charge in [0.05, 0.1) is 38.3 Å². The van der Waals surface area contributed by atoms with E-state index in [4.69, 9.17) is 14.2 Å². The summed E-state index contributed by atoms with van der Waals surface area (Å²) in [5.41, 5.74) is -0.0406. The summed E-state index contributed by atoms with van der Waals surface area (Å²) < 4.78 is 17.4. The standard InChI is InChI=1S/C31H33N3O7/c1-3-40-23-13-9-20(10-14-23)32-16-4-6-24-25(28(32)36)26-29(37)34(18-19-35)27-30(38)33(17-5-15-31(26,27)41-24)21-7-11-22(39-2)12-8-21/h4-15,24-27,35H,3,16-19H2,1-2H3/t24-,25+,26-,27?,31-/m0/s1. The molecule has 3 amide bonds. The number of hydrogen-bond acceptors (Lipinski definition) is 7. The zero-order valence-corrected chi connectivity index (χ0v) is 23.0. The Bertz CT molecular complexity index is 1390. The van der Waals surface area contributed by atoms with Gasteiger partial charge in [-0.2, -0.15) is 0 Å². The summed E-state index contributed by atoms with van der Waals surface area (Å²) in [7, 11) is 1.57. The molecule has 5 atom stereocenters. The van der Waals surface area contributed by atoms with E-state index >= 15 is 0 Å². The predicted molar refractivity (Wildman–Crippen MR) is 151 cm³/mol. The second-order valence-electron chi connectivity index (χ2n) is 10.5. The maximum absolute atomic E-state index is 14.3.